The number of nitrogens with one attached hydrogen (secondary N) is 2. The van der Waals surface area contributed by atoms with Gasteiger partial charge in [0.2, 0.25) is 15.2 Å². The van der Waals surface area contributed by atoms with Gasteiger partial charge in [0.1, 0.15) is 5.01 Å². The topological polar surface area (TPSA) is 101 Å². The molecule has 1 heterocycles. The van der Waals surface area contributed by atoms with E-state index in [4.69, 9.17) is 0 Å². The van der Waals surface area contributed by atoms with E-state index in [1.807, 2.05) is 12.1 Å². The van der Waals surface area contributed by atoms with Crippen molar-refractivity contribution in [3.63, 3.8) is 0 Å². The molecule has 3 aromatic rings. The fourth-order valence-corrected chi connectivity index (χ4v) is 4.98. The van der Waals surface area contributed by atoms with Crippen molar-refractivity contribution in [3.8, 4) is 10.6 Å². The summed E-state index contributed by atoms with van der Waals surface area (Å²) in [6.07, 6.45) is 0. The number of hydrogen-bond acceptors (Lipinski definition) is 6. The minimum Gasteiger partial charge on any atom is -0.296 e. The summed E-state index contributed by atoms with van der Waals surface area (Å²) in [5.41, 5.74) is 1.90. The van der Waals surface area contributed by atoms with Crippen LogP contribution in [0.2, 0.25) is 0 Å². The number of benzene rings is 2. The largest absolute Gasteiger partial charge is 0.296 e. The van der Waals surface area contributed by atoms with Crippen molar-refractivity contribution < 1.29 is 13.2 Å². The fraction of sp³-hybridized carbons (Fsp3) is 0.318. The molecule has 1 aromatic heterocycles. The summed E-state index contributed by atoms with van der Waals surface area (Å²) in [5.74, 6) is 0.0644. The molecule has 0 fully saturated rings. The van der Waals surface area contributed by atoms with Crippen LogP contribution in [0.4, 0.5) is 5.13 Å². The number of carbonyl (C=O) groups is 1. The lowest BCUT2D eigenvalue weighted by molar-refractivity contribution is 0.102. The molecule has 0 unspecified atom stereocenters. The molecule has 7 nitrogen and oxygen atoms in total. The second kappa shape index (κ2) is 8.86. The molecule has 0 atom stereocenters. The van der Waals surface area contributed by atoms with E-state index in [-0.39, 0.29) is 10.8 Å². The second-order valence-corrected chi connectivity index (χ2v) is 11.2. The first kappa shape index (κ1) is 23.1. The van der Waals surface area contributed by atoms with E-state index in [1.165, 1.54) is 41.2 Å². The summed E-state index contributed by atoms with van der Waals surface area (Å²) >= 11 is 1.28. The number of aromatic nitrogens is 2. The second-order valence-electron chi connectivity index (χ2n) is 8.52. The number of nitrogens with zero attached hydrogens (tertiary/aromatic N) is 2. The Bertz CT molecular complexity index is 1160. The van der Waals surface area contributed by atoms with E-state index in [9.17, 15) is 13.2 Å². The predicted octanol–water partition coefficient (Wildman–Crippen LogP) is 4.66. The smallest absolute Gasteiger partial charge is 0.257 e. The molecule has 3 rings (SSSR count). The zero-order chi connectivity index (χ0) is 22.8. The van der Waals surface area contributed by atoms with Crippen LogP contribution in [0.3, 0.4) is 0 Å². The first-order valence-corrected chi connectivity index (χ1v) is 12.1. The maximum Gasteiger partial charge on any atom is 0.257 e. The molecule has 1 amide bonds. The van der Waals surface area contributed by atoms with Gasteiger partial charge in [-0.25, -0.2) is 13.1 Å². The molecule has 0 aliphatic carbocycles. The molecule has 0 spiro atoms. The van der Waals surface area contributed by atoms with Crippen molar-refractivity contribution in [1.29, 1.82) is 0 Å². The van der Waals surface area contributed by atoms with Crippen molar-refractivity contribution in [1.82, 2.24) is 14.9 Å². The summed E-state index contributed by atoms with van der Waals surface area (Å²) < 4.78 is 27.4. The van der Waals surface area contributed by atoms with Crippen molar-refractivity contribution in [2.75, 3.05) is 5.32 Å². The van der Waals surface area contributed by atoms with E-state index in [0.29, 0.717) is 21.6 Å². The lowest BCUT2D eigenvalue weighted by Gasteiger charge is -2.20. The van der Waals surface area contributed by atoms with Crippen LogP contribution in [0.15, 0.2) is 53.4 Å². The van der Waals surface area contributed by atoms with Crippen LogP contribution in [0.5, 0.6) is 0 Å². The molecule has 2 aromatic carbocycles. The van der Waals surface area contributed by atoms with Gasteiger partial charge in [-0.3, -0.25) is 10.1 Å². The highest BCUT2D eigenvalue weighted by Gasteiger charge is 2.22. The minimum atomic E-state index is -3.66. The Balaban J connectivity index is 1.70. The average Bonchev–Trinajstić information content (AvgIpc) is 3.15. The van der Waals surface area contributed by atoms with Gasteiger partial charge in [0.05, 0.1) is 4.90 Å². The summed E-state index contributed by atoms with van der Waals surface area (Å²) in [4.78, 5) is 12.6. The van der Waals surface area contributed by atoms with E-state index in [1.54, 1.807) is 20.8 Å². The van der Waals surface area contributed by atoms with Gasteiger partial charge in [0.15, 0.2) is 0 Å². The number of rotatable bonds is 6. The van der Waals surface area contributed by atoms with Crippen LogP contribution in [-0.4, -0.2) is 30.1 Å². The van der Waals surface area contributed by atoms with Gasteiger partial charge in [-0.05, 0) is 56.5 Å². The molecule has 0 radical (unpaired) electrons. The summed E-state index contributed by atoms with van der Waals surface area (Å²) in [5, 5.41) is 12.0. The van der Waals surface area contributed by atoms with Gasteiger partial charge in [-0.1, -0.05) is 49.4 Å². The summed E-state index contributed by atoms with van der Waals surface area (Å²) in [6.45, 7) is 9.57. The van der Waals surface area contributed by atoms with Gasteiger partial charge in [0, 0.05) is 16.7 Å². The summed E-state index contributed by atoms with van der Waals surface area (Å²) in [7, 11) is -3.66. The maximum absolute atomic E-state index is 12.5. The van der Waals surface area contributed by atoms with Gasteiger partial charge in [0.25, 0.3) is 5.91 Å². The van der Waals surface area contributed by atoms with Crippen molar-refractivity contribution in [2.24, 2.45) is 0 Å². The highest BCUT2D eigenvalue weighted by molar-refractivity contribution is 7.89. The molecule has 0 aliphatic heterocycles. The van der Waals surface area contributed by atoms with E-state index in [0.717, 1.165) is 5.56 Å². The van der Waals surface area contributed by atoms with E-state index in [2.05, 4.69) is 46.2 Å². The Kier molecular flexibility index (Phi) is 6.59. The molecule has 164 valence electrons. The standard InChI is InChI=1S/C22H26N4O3S2/c1-14(2)15-6-8-17(9-7-15)20-24-25-21(30-20)23-19(27)16-10-12-18(13-11-16)31(28,29)26-22(3,4)5/h6-14,26H,1-5H3,(H,23,25,27). The first-order valence-electron chi connectivity index (χ1n) is 9.84. The van der Waals surface area contributed by atoms with Gasteiger partial charge in [-0.15, -0.1) is 10.2 Å². The zero-order valence-electron chi connectivity index (χ0n) is 18.1. The quantitative estimate of drug-likeness (QED) is 0.560. The highest BCUT2D eigenvalue weighted by atomic mass is 32.2. The first-order chi connectivity index (χ1) is 14.4. The number of anilines is 1. The lowest BCUT2D eigenvalue weighted by atomic mass is 10.0. The third-order valence-corrected chi connectivity index (χ3v) is 7.00. The van der Waals surface area contributed by atoms with E-state index >= 15 is 0 Å². The molecule has 2 N–H and O–H groups in total. The molecule has 0 saturated heterocycles. The fourth-order valence-electron chi connectivity index (χ4n) is 2.82. The zero-order valence-corrected chi connectivity index (χ0v) is 19.8. The highest BCUT2D eigenvalue weighted by Crippen LogP contribution is 2.28. The Morgan fingerprint density at radius 3 is 2.13 bits per heavy atom. The van der Waals surface area contributed by atoms with Gasteiger partial charge in [-0.2, -0.15) is 0 Å². The number of sulfonamides is 1. The normalized spacial score (nSPS) is 12.2. The Labute approximate surface area is 187 Å². The third-order valence-electron chi connectivity index (χ3n) is 4.34. The van der Waals surface area contributed by atoms with Crippen LogP contribution in [0.1, 0.15) is 56.5 Å². The molecule has 0 aliphatic rings. The number of amides is 1. The molecule has 31 heavy (non-hydrogen) atoms. The predicted molar refractivity (Wildman–Crippen MR) is 124 cm³/mol. The van der Waals surface area contributed by atoms with Gasteiger partial charge >= 0.3 is 0 Å². The Hall–Kier alpha value is -2.62. The SMILES string of the molecule is CC(C)c1ccc(-c2nnc(NC(=O)c3ccc(S(=O)(=O)NC(C)(C)C)cc3)s2)cc1. The Morgan fingerprint density at radius 2 is 1.58 bits per heavy atom. The van der Waals surface area contributed by atoms with Gasteiger partial charge < -0.3 is 0 Å². The van der Waals surface area contributed by atoms with Crippen molar-refractivity contribution in [3.05, 3.63) is 59.7 Å². The number of carbonyl (C=O) groups excluding carboxylic acids is 1. The molecule has 9 heteroatoms. The van der Waals surface area contributed by atoms with Crippen molar-refractivity contribution in [2.45, 2.75) is 51.0 Å². The maximum atomic E-state index is 12.5. The molecular formula is C22H26N4O3S2. The molecular weight excluding hydrogens is 432 g/mol. The molecule has 0 bridgehead atoms. The Morgan fingerprint density at radius 1 is 0.968 bits per heavy atom. The van der Waals surface area contributed by atoms with Crippen LogP contribution < -0.4 is 10.0 Å². The van der Waals surface area contributed by atoms with Crippen LogP contribution >= 0.6 is 11.3 Å². The number of hydrogen-bond donors (Lipinski definition) is 2. The van der Waals surface area contributed by atoms with Crippen LogP contribution in [-0.2, 0) is 10.0 Å². The summed E-state index contributed by atoms with van der Waals surface area (Å²) in [6, 6.07) is 13.9. The lowest BCUT2D eigenvalue weighted by Crippen LogP contribution is -2.40. The van der Waals surface area contributed by atoms with E-state index < -0.39 is 15.6 Å². The average molecular weight is 459 g/mol. The minimum absolute atomic E-state index is 0.0991. The van der Waals surface area contributed by atoms with Crippen molar-refractivity contribution >= 4 is 32.4 Å². The molecule has 0 saturated carbocycles. The monoisotopic (exact) mass is 458 g/mol. The third kappa shape index (κ3) is 5.96. The van der Waals surface area contributed by atoms with Crippen LogP contribution in [0, 0.1) is 0 Å². The van der Waals surface area contributed by atoms with Crippen LogP contribution in [0.25, 0.3) is 10.6 Å².